The first-order chi connectivity index (χ1) is 11.7. The fourth-order valence-corrected chi connectivity index (χ4v) is 3.41. The van der Waals surface area contributed by atoms with E-state index in [1.54, 1.807) is 5.38 Å². The van der Waals surface area contributed by atoms with Crippen molar-refractivity contribution in [2.24, 2.45) is 5.73 Å². The molecule has 26 heavy (non-hydrogen) atoms. The fraction of sp³-hybridized carbons (Fsp3) is 0.312. The highest BCUT2D eigenvalue weighted by molar-refractivity contribution is 7.09. The number of piperazine rings is 1. The summed E-state index contributed by atoms with van der Waals surface area (Å²) in [6.07, 6.45) is 0. The number of hydrogen-bond donors (Lipinski definition) is 1. The number of hydrogen-bond acceptors (Lipinski definition) is 7. The largest absolute Gasteiger partial charge is 0.423 e. The van der Waals surface area contributed by atoms with Crippen molar-refractivity contribution in [3.8, 4) is 0 Å². The molecule has 0 unspecified atom stereocenters. The molecule has 3 heterocycles. The first-order valence-corrected chi connectivity index (χ1v) is 8.67. The van der Waals surface area contributed by atoms with Gasteiger partial charge in [-0.15, -0.1) is 36.2 Å². The lowest BCUT2D eigenvalue weighted by molar-refractivity contribution is 0.0740. The Hall–Kier alpha value is -1.87. The maximum atomic E-state index is 12.5. The second-order valence-electron chi connectivity index (χ2n) is 5.57. The molecule has 2 aromatic heterocycles. The molecule has 140 valence electrons. The molecule has 4 rings (SSSR count). The summed E-state index contributed by atoms with van der Waals surface area (Å²) < 4.78 is 5.79. The van der Waals surface area contributed by atoms with E-state index in [9.17, 15) is 4.79 Å². The van der Waals surface area contributed by atoms with Crippen molar-refractivity contribution >= 4 is 59.2 Å². The van der Waals surface area contributed by atoms with Gasteiger partial charge in [-0.25, -0.2) is 4.98 Å². The molecule has 10 heteroatoms. The second kappa shape index (κ2) is 8.68. The Kier molecular flexibility index (Phi) is 6.82. The van der Waals surface area contributed by atoms with E-state index in [4.69, 9.17) is 10.2 Å². The van der Waals surface area contributed by atoms with Gasteiger partial charge in [-0.1, -0.05) is 12.1 Å². The van der Waals surface area contributed by atoms with Crippen molar-refractivity contribution in [2.75, 3.05) is 31.1 Å². The molecule has 7 nitrogen and oxygen atoms in total. The average Bonchev–Trinajstić information content (AvgIpc) is 3.28. The summed E-state index contributed by atoms with van der Waals surface area (Å²) in [7, 11) is 0. The number of nitrogens with two attached hydrogens (primary N) is 1. The van der Waals surface area contributed by atoms with Crippen LogP contribution in [-0.2, 0) is 6.54 Å². The smallest absolute Gasteiger partial charge is 0.298 e. The van der Waals surface area contributed by atoms with E-state index in [0.717, 1.165) is 16.1 Å². The molecule has 3 aromatic rings. The molecule has 1 amide bonds. The van der Waals surface area contributed by atoms with Crippen LogP contribution in [0.1, 0.15) is 15.5 Å². The van der Waals surface area contributed by atoms with E-state index in [2.05, 4.69) is 14.9 Å². The molecule has 1 aromatic carbocycles. The van der Waals surface area contributed by atoms with Crippen molar-refractivity contribution in [1.29, 1.82) is 0 Å². The van der Waals surface area contributed by atoms with Gasteiger partial charge in [0.2, 0.25) is 0 Å². The van der Waals surface area contributed by atoms with Crippen molar-refractivity contribution < 1.29 is 9.21 Å². The monoisotopic (exact) mass is 415 g/mol. The number of amides is 1. The van der Waals surface area contributed by atoms with Gasteiger partial charge in [-0.3, -0.25) is 4.79 Å². The van der Waals surface area contributed by atoms with Gasteiger partial charge in [-0.05, 0) is 12.1 Å². The predicted octanol–water partition coefficient (Wildman–Crippen LogP) is 2.55. The highest BCUT2D eigenvalue weighted by Crippen LogP contribution is 2.23. The van der Waals surface area contributed by atoms with E-state index in [-0.39, 0.29) is 30.7 Å². The summed E-state index contributed by atoms with van der Waals surface area (Å²) in [4.78, 5) is 25.1. The van der Waals surface area contributed by atoms with E-state index >= 15 is 0 Å². The Bertz CT molecular complexity index is 843. The predicted molar refractivity (Wildman–Crippen MR) is 107 cm³/mol. The minimum absolute atomic E-state index is 0. The first kappa shape index (κ1) is 20.4. The molecular formula is C16H19Cl2N5O2S. The summed E-state index contributed by atoms with van der Waals surface area (Å²) in [5.41, 5.74) is 7.67. The fourth-order valence-electron chi connectivity index (χ4n) is 2.76. The third-order valence-electron chi connectivity index (χ3n) is 4.07. The van der Waals surface area contributed by atoms with Crippen LogP contribution in [0.2, 0.25) is 0 Å². The number of carbonyl (C=O) groups excluding carboxylic acids is 1. The number of aromatic nitrogens is 2. The number of benzene rings is 1. The van der Waals surface area contributed by atoms with Crippen molar-refractivity contribution in [3.05, 3.63) is 40.3 Å². The SMILES string of the molecule is Cl.Cl.NCc1nc(C(=O)N2CCN(c3nc4ccccc4o3)CC2)cs1. The standard InChI is InChI=1S/C16H17N5O2S.2ClH/c17-9-14-18-12(10-24-14)15(22)20-5-7-21(8-6-20)16-19-11-3-1-2-4-13(11)23-16;;/h1-4,10H,5-9,17H2;2*1H. The maximum absolute atomic E-state index is 12.5. The summed E-state index contributed by atoms with van der Waals surface area (Å²) in [5, 5.41) is 2.56. The highest BCUT2D eigenvalue weighted by atomic mass is 35.5. The van der Waals surface area contributed by atoms with Crippen LogP contribution in [0.3, 0.4) is 0 Å². The third-order valence-corrected chi connectivity index (χ3v) is 4.94. The van der Waals surface area contributed by atoms with Gasteiger partial charge in [0.1, 0.15) is 16.2 Å². The number of carbonyl (C=O) groups is 1. The van der Waals surface area contributed by atoms with Gasteiger partial charge < -0.3 is 20.0 Å². The lowest BCUT2D eigenvalue weighted by Crippen LogP contribution is -2.49. The minimum Gasteiger partial charge on any atom is -0.423 e. The van der Waals surface area contributed by atoms with Crippen LogP contribution in [-0.4, -0.2) is 47.0 Å². The number of rotatable bonds is 3. The zero-order valence-electron chi connectivity index (χ0n) is 13.8. The Morgan fingerprint density at radius 1 is 1.15 bits per heavy atom. The van der Waals surface area contributed by atoms with Crippen LogP contribution in [0.4, 0.5) is 6.01 Å². The Morgan fingerprint density at radius 3 is 2.54 bits per heavy atom. The summed E-state index contributed by atoms with van der Waals surface area (Å²) in [5.74, 6) is -0.0387. The van der Waals surface area contributed by atoms with Gasteiger partial charge in [0.15, 0.2) is 5.58 Å². The lowest BCUT2D eigenvalue weighted by Gasteiger charge is -2.33. The number of para-hydroxylation sites is 2. The lowest BCUT2D eigenvalue weighted by atomic mass is 10.3. The molecule has 1 aliphatic heterocycles. The average molecular weight is 416 g/mol. The van der Waals surface area contributed by atoms with Gasteiger partial charge in [0.05, 0.1) is 0 Å². The normalized spacial score (nSPS) is 14.0. The van der Waals surface area contributed by atoms with Gasteiger partial charge in [0.25, 0.3) is 11.9 Å². The Labute approximate surface area is 167 Å². The molecule has 0 radical (unpaired) electrons. The van der Waals surface area contributed by atoms with Crippen molar-refractivity contribution in [2.45, 2.75) is 6.54 Å². The van der Waals surface area contributed by atoms with Gasteiger partial charge >= 0.3 is 0 Å². The topological polar surface area (TPSA) is 88.5 Å². The Morgan fingerprint density at radius 2 is 1.88 bits per heavy atom. The van der Waals surface area contributed by atoms with E-state index in [1.165, 1.54) is 11.3 Å². The number of anilines is 1. The molecule has 0 bridgehead atoms. The second-order valence-corrected chi connectivity index (χ2v) is 6.52. The number of oxazole rings is 1. The summed E-state index contributed by atoms with van der Waals surface area (Å²) >= 11 is 1.42. The van der Waals surface area contributed by atoms with Crippen LogP contribution in [0.25, 0.3) is 11.1 Å². The van der Waals surface area contributed by atoms with Gasteiger partial charge in [-0.2, -0.15) is 4.98 Å². The molecule has 1 aliphatic rings. The minimum atomic E-state index is -0.0387. The maximum Gasteiger partial charge on any atom is 0.298 e. The van der Waals surface area contributed by atoms with Crippen LogP contribution in [0.5, 0.6) is 0 Å². The molecule has 2 N–H and O–H groups in total. The van der Waals surface area contributed by atoms with E-state index in [0.29, 0.717) is 44.4 Å². The number of fused-ring (bicyclic) bond motifs is 1. The number of thiazole rings is 1. The summed E-state index contributed by atoms with van der Waals surface area (Å²) in [6, 6.07) is 8.32. The van der Waals surface area contributed by atoms with E-state index < -0.39 is 0 Å². The van der Waals surface area contributed by atoms with Crippen LogP contribution >= 0.6 is 36.2 Å². The van der Waals surface area contributed by atoms with Crippen LogP contribution < -0.4 is 10.6 Å². The highest BCUT2D eigenvalue weighted by Gasteiger charge is 2.25. The molecule has 0 aliphatic carbocycles. The van der Waals surface area contributed by atoms with Crippen LogP contribution in [0.15, 0.2) is 34.1 Å². The number of halogens is 2. The summed E-state index contributed by atoms with van der Waals surface area (Å²) in [6.45, 7) is 2.97. The molecule has 0 atom stereocenters. The molecule has 0 spiro atoms. The van der Waals surface area contributed by atoms with E-state index in [1.807, 2.05) is 29.2 Å². The zero-order valence-corrected chi connectivity index (χ0v) is 16.3. The first-order valence-electron chi connectivity index (χ1n) is 7.79. The molecule has 1 saturated heterocycles. The quantitative estimate of drug-likeness (QED) is 0.706. The molecule has 1 fully saturated rings. The van der Waals surface area contributed by atoms with Crippen molar-refractivity contribution in [3.63, 3.8) is 0 Å². The Balaban J connectivity index is 0.00000121. The third kappa shape index (κ3) is 3.93. The molecular weight excluding hydrogens is 397 g/mol. The van der Waals surface area contributed by atoms with Gasteiger partial charge in [0, 0.05) is 38.1 Å². The zero-order chi connectivity index (χ0) is 16.5. The van der Waals surface area contributed by atoms with Crippen molar-refractivity contribution in [1.82, 2.24) is 14.9 Å². The van der Waals surface area contributed by atoms with Crippen LogP contribution in [0, 0.1) is 0 Å². The number of nitrogens with zero attached hydrogens (tertiary/aromatic N) is 4. The molecule has 0 saturated carbocycles.